The zero-order valence-electron chi connectivity index (χ0n) is 27.4. The smallest absolute Gasteiger partial charge is 0.336 e. The zero-order valence-corrected chi connectivity index (χ0v) is 29.4. The lowest BCUT2D eigenvalue weighted by molar-refractivity contribution is -0.160. The van der Waals surface area contributed by atoms with Crippen LogP contribution in [0.1, 0.15) is 87.5 Å². The number of ketones is 1. The monoisotopic (exact) mass is 592 g/mol. The molecule has 2 aliphatic carbocycles. The predicted octanol–water partition coefficient (Wildman–Crippen LogP) is 7.44. The molecular formula is C32H56O6Si2. The van der Waals surface area contributed by atoms with Crippen molar-refractivity contribution in [2.24, 2.45) is 22.7 Å². The molecule has 6 atom stereocenters. The number of ether oxygens (including phenoxy) is 2. The quantitative estimate of drug-likeness (QED) is 0.132. The van der Waals surface area contributed by atoms with Gasteiger partial charge in [0.25, 0.3) is 0 Å². The normalized spacial score (nSPS) is 38.1. The van der Waals surface area contributed by atoms with E-state index >= 15 is 0 Å². The molecule has 228 valence electrons. The Balaban J connectivity index is 1.61. The van der Waals surface area contributed by atoms with Crippen LogP contribution in [-0.4, -0.2) is 59.9 Å². The number of allylic oxidation sites excluding steroid dienone is 1. The average molecular weight is 593 g/mol. The molecule has 2 heterocycles. The van der Waals surface area contributed by atoms with Crippen LogP contribution in [0.2, 0.25) is 36.3 Å². The van der Waals surface area contributed by atoms with E-state index in [4.69, 9.17) is 18.3 Å². The highest BCUT2D eigenvalue weighted by Crippen LogP contribution is 2.66. The fourth-order valence-electron chi connectivity index (χ4n) is 7.19. The first-order valence-electron chi connectivity index (χ1n) is 15.5. The fraction of sp³-hybridized carbons (Fsp3) is 0.875. The number of cyclic esters (lactones) is 1. The van der Waals surface area contributed by atoms with Gasteiger partial charge in [-0.25, -0.2) is 4.79 Å². The van der Waals surface area contributed by atoms with Gasteiger partial charge in [0.05, 0.1) is 23.2 Å². The summed E-state index contributed by atoms with van der Waals surface area (Å²) in [6.07, 6.45) is 5.90. The zero-order chi connectivity index (χ0) is 30.2. The summed E-state index contributed by atoms with van der Waals surface area (Å²) in [4.78, 5) is 26.5. The highest BCUT2D eigenvalue weighted by atomic mass is 28.4. The summed E-state index contributed by atoms with van der Waals surface area (Å²) < 4.78 is 25.2. The summed E-state index contributed by atoms with van der Waals surface area (Å²) in [7, 11) is -4.09. The molecule has 0 bridgehead atoms. The van der Waals surface area contributed by atoms with E-state index in [2.05, 4.69) is 87.7 Å². The molecule has 0 N–H and O–H groups in total. The maximum Gasteiger partial charge on any atom is 0.336 e. The van der Waals surface area contributed by atoms with Gasteiger partial charge < -0.3 is 18.3 Å². The number of carbonyl (C=O) groups is 2. The van der Waals surface area contributed by atoms with Crippen LogP contribution in [-0.2, 0) is 27.9 Å². The van der Waals surface area contributed by atoms with Crippen molar-refractivity contribution in [2.45, 2.75) is 135 Å². The highest BCUT2D eigenvalue weighted by molar-refractivity contribution is 6.74. The second kappa shape index (κ2) is 10.1. The topological polar surface area (TPSA) is 74.4 Å². The first-order chi connectivity index (χ1) is 18.1. The van der Waals surface area contributed by atoms with Gasteiger partial charge in [-0.3, -0.25) is 4.79 Å². The van der Waals surface area contributed by atoms with Crippen LogP contribution in [0.3, 0.4) is 0 Å². The molecule has 0 aromatic rings. The molecule has 4 aliphatic rings. The number of rotatable bonds is 7. The third-order valence-corrected chi connectivity index (χ3v) is 21.2. The summed E-state index contributed by atoms with van der Waals surface area (Å²) >= 11 is 0. The fourth-order valence-corrected chi connectivity index (χ4v) is 9.54. The SMILES string of the molecule is CC(C)(C)[Si](C)(C)OC[C@]1(C)C(=O)CC[C@@]2(C)[C@H](C/C=C3/C(=O)OC[C@H]3O[Si](C)(C)C(C)(C)C)[C@]3(CC[C@@H]21)CO3. The molecule has 6 nitrogen and oxygen atoms in total. The molecule has 4 rings (SSSR count). The van der Waals surface area contributed by atoms with Crippen LogP contribution in [0, 0.1) is 22.7 Å². The Kier molecular flexibility index (Phi) is 8.14. The van der Waals surface area contributed by atoms with Gasteiger partial charge in [-0.05, 0) is 79.2 Å². The standard InChI is InChI=1S/C32H56O6Si2/c1-28(2,3)39(9,10)37-20-31(8)24-15-18-32(21-36-32)25(30(24,7)17-16-26(31)33)14-13-22-23(19-35-27(22)34)38-40(11,12)29(4,5)6/h13,23-25H,14-21H2,1-12H3/b22-13+/t23-,24+,25+,30-,31+,32+/m1/s1. The molecule has 2 saturated heterocycles. The highest BCUT2D eigenvalue weighted by Gasteiger charge is 2.67. The summed E-state index contributed by atoms with van der Waals surface area (Å²) in [5.74, 6) is 0.548. The number of fused-ring (bicyclic) bond motifs is 1. The molecule has 0 unspecified atom stereocenters. The first kappa shape index (κ1) is 32.1. The van der Waals surface area contributed by atoms with Gasteiger partial charge in [0.1, 0.15) is 18.5 Å². The Morgan fingerprint density at radius 1 is 0.975 bits per heavy atom. The summed E-state index contributed by atoms with van der Waals surface area (Å²) in [6, 6.07) is 0. The van der Waals surface area contributed by atoms with Crippen molar-refractivity contribution in [3.05, 3.63) is 11.6 Å². The molecule has 1 spiro atoms. The number of esters is 1. The van der Waals surface area contributed by atoms with Crippen LogP contribution >= 0.6 is 0 Å². The molecule has 0 aromatic carbocycles. The number of hydrogen-bond acceptors (Lipinski definition) is 6. The molecule has 2 aliphatic heterocycles. The van der Waals surface area contributed by atoms with Gasteiger partial charge in [-0.1, -0.05) is 61.5 Å². The van der Waals surface area contributed by atoms with Crippen molar-refractivity contribution in [3.8, 4) is 0 Å². The molecule has 8 heteroatoms. The van der Waals surface area contributed by atoms with Gasteiger partial charge in [-0.2, -0.15) is 0 Å². The molecular weight excluding hydrogens is 537 g/mol. The van der Waals surface area contributed by atoms with E-state index in [0.717, 1.165) is 32.3 Å². The van der Waals surface area contributed by atoms with Crippen LogP contribution in [0.25, 0.3) is 0 Å². The Bertz CT molecular complexity index is 1050. The van der Waals surface area contributed by atoms with E-state index in [9.17, 15) is 9.59 Å². The third kappa shape index (κ3) is 5.49. The lowest BCUT2D eigenvalue weighted by atomic mass is 9.45. The van der Waals surface area contributed by atoms with Crippen LogP contribution in [0.5, 0.6) is 0 Å². The Hall–Kier alpha value is -0.806. The maximum absolute atomic E-state index is 13.6. The van der Waals surface area contributed by atoms with Crippen LogP contribution in [0.4, 0.5) is 0 Å². The minimum atomic E-state index is -2.08. The summed E-state index contributed by atoms with van der Waals surface area (Å²) in [6.45, 7) is 28.5. The third-order valence-electron chi connectivity index (χ3n) is 12.2. The van der Waals surface area contributed by atoms with Crippen molar-refractivity contribution in [2.75, 3.05) is 19.8 Å². The van der Waals surface area contributed by atoms with Crippen LogP contribution in [0.15, 0.2) is 11.6 Å². The molecule has 40 heavy (non-hydrogen) atoms. The number of epoxide rings is 1. The van der Waals surface area contributed by atoms with E-state index in [0.29, 0.717) is 31.0 Å². The number of Topliss-reactive ketones (excluding diaryl/α,β-unsaturated/α-hetero) is 1. The summed E-state index contributed by atoms with van der Waals surface area (Å²) in [5, 5.41) is 0.141. The minimum absolute atomic E-state index is 0.0469. The predicted molar refractivity (Wildman–Crippen MR) is 164 cm³/mol. The van der Waals surface area contributed by atoms with Crippen molar-refractivity contribution in [1.29, 1.82) is 0 Å². The number of carbonyl (C=O) groups excluding carboxylic acids is 2. The van der Waals surface area contributed by atoms with Gasteiger partial charge in [-0.15, -0.1) is 0 Å². The van der Waals surface area contributed by atoms with Crippen molar-refractivity contribution in [3.63, 3.8) is 0 Å². The van der Waals surface area contributed by atoms with E-state index < -0.39 is 22.0 Å². The van der Waals surface area contributed by atoms with E-state index in [-0.39, 0.29) is 45.0 Å². The number of hydrogen-bond donors (Lipinski definition) is 0. The second-order valence-corrected chi connectivity index (χ2v) is 26.3. The Morgan fingerprint density at radius 2 is 1.57 bits per heavy atom. The van der Waals surface area contributed by atoms with E-state index in [1.54, 1.807) is 0 Å². The Morgan fingerprint density at radius 3 is 2.12 bits per heavy atom. The average Bonchev–Trinajstić information content (AvgIpc) is 3.50. The molecule has 0 radical (unpaired) electrons. The van der Waals surface area contributed by atoms with Gasteiger partial charge in [0.2, 0.25) is 0 Å². The molecule has 2 saturated carbocycles. The van der Waals surface area contributed by atoms with Gasteiger partial charge in [0, 0.05) is 13.0 Å². The molecule has 0 aromatic heterocycles. The summed E-state index contributed by atoms with van der Waals surface area (Å²) in [5.41, 5.74) is -0.0709. The van der Waals surface area contributed by atoms with Crippen LogP contribution < -0.4 is 0 Å². The minimum Gasteiger partial charge on any atom is -0.459 e. The molecule has 4 fully saturated rings. The van der Waals surface area contributed by atoms with Gasteiger partial charge in [0.15, 0.2) is 16.6 Å². The maximum atomic E-state index is 13.6. The van der Waals surface area contributed by atoms with Crippen molar-refractivity contribution in [1.82, 2.24) is 0 Å². The van der Waals surface area contributed by atoms with E-state index in [1.807, 2.05) is 0 Å². The van der Waals surface area contributed by atoms with Gasteiger partial charge >= 0.3 is 5.97 Å². The Labute approximate surface area is 245 Å². The molecule has 0 amide bonds. The largest absolute Gasteiger partial charge is 0.459 e. The van der Waals surface area contributed by atoms with Crippen molar-refractivity contribution < 1.29 is 27.9 Å². The van der Waals surface area contributed by atoms with E-state index in [1.165, 1.54) is 0 Å². The lowest BCUT2D eigenvalue weighted by Crippen LogP contribution is -2.60. The second-order valence-electron chi connectivity index (χ2n) is 16.8. The lowest BCUT2D eigenvalue weighted by Gasteiger charge is -2.59. The van der Waals surface area contributed by atoms with Crippen molar-refractivity contribution >= 4 is 28.4 Å². The first-order valence-corrected chi connectivity index (χ1v) is 21.3.